The van der Waals surface area contributed by atoms with Crippen molar-refractivity contribution in [2.75, 3.05) is 20.2 Å². The number of nitrogens with zero attached hydrogens (tertiary/aromatic N) is 1. The number of piperidine rings is 1. The maximum atomic E-state index is 13.7. The third-order valence-corrected chi connectivity index (χ3v) is 3.69. The lowest BCUT2D eigenvalue weighted by Crippen LogP contribution is -2.45. The van der Waals surface area contributed by atoms with Crippen LogP contribution in [0.3, 0.4) is 0 Å². The second-order valence-electron chi connectivity index (χ2n) is 5.44. The van der Waals surface area contributed by atoms with Crippen LogP contribution in [0.1, 0.15) is 23.7 Å². The SMILES string of the molecule is COc1ccc(C(=O)N2CC(C)CC(C(=O)O)C2)cc1F. The molecular weight excluding hydrogens is 277 g/mol. The number of carboxylic acids is 1. The molecule has 0 aliphatic carbocycles. The van der Waals surface area contributed by atoms with Crippen LogP contribution < -0.4 is 4.74 Å². The molecule has 0 saturated carbocycles. The Kier molecular flexibility index (Phi) is 4.45. The Bertz CT molecular complexity index is 561. The molecule has 0 bridgehead atoms. The lowest BCUT2D eigenvalue weighted by molar-refractivity contribution is -0.143. The normalized spacial score (nSPS) is 22.0. The predicted molar refractivity (Wildman–Crippen MR) is 73.8 cm³/mol. The van der Waals surface area contributed by atoms with Crippen molar-refractivity contribution in [3.05, 3.63) is 29.6 Å². The predicted octanol–water partition coefficient (Wildman–Crippen LogP) is 2.02. The van der Waals surface area contributed by atoms with Crippen LogP contribution >= 0.6 is 0 Å². The number of methoxy groups -OCH3 is 1. The van der Waals surface area contributed by atoms with Crippen molar-refractivity contribution >= 4 is 11.9 Å². The van der Waals surface area contributed by atoms with Crippen molar-refractivity contribution in [3.8, 4) is 5.75 Å². The number of halogens is 1. The van der Waals surface area contributed by atoms with Crippen LogP contribution in [0, 0.1) is 17.7 Å². The fourth-order valence-corrected chi connectivity index (χ4v) is 2.68. The third-order valence-electron chi connectivity index (χ3n) is 3.69. The largest absolute Gasteiger partial charge is 0.494 e. The zero-order valence-electron chi connectivity index (χ0n) is 12.0. The van der Waals surface area contributed by atoms with Crippen LogP contribution in [0.5, 0.6) is 5.75 Å². The van der Waals surface area contributed by atoms with Gasteiger partial charge >= 0.3 is 5.97 Å². The van der Waals surface area contributed by atoms with Gasteiger partial charge in [-0.15, -0.1) is 0 Å². The van der Waals surface area contributed by atoms with Gasteiger partial charge in [-0.3, -0.25) is 9.59 Å². The number of carbonyl (C=O) groups is 2. The molecule has 114 valence electrons. The van der Waals surface area contributed by atoms with E-state index in [2.05, 4.69) is 0 Å². The van der Waals surface area contributed by atoms with Gasteiger partial charge in [0.1, 0.15) is 0 Å². The lowest BCUT2D eigenvalue weighted by Gasteiger charge is -2.34. The Morgan fingerprint density at radius 2 is 2.10 bits per heavy atom. The van der Waals surface area contributed by atoms with Crippen LogP contribution in [0.15, 0.2) is 18.2 Å². The molecule has 1 aromatic rings. The quantitative estimate of drug-likeness (QED) is 0.926. The number of hydrogen-bond donors (Lipinski definition) is 1. The smallest absolute Gasteiger partial charge is 0.308 e. The molecule has 1 fully saturated rings. The summed E-state index contributed by atoms with van der Waals surface area (Å²) in [5.74, 6) is -2.26. The zero-order valence-corrected chi connectivity index (χ0v) is 12.0. The standard InChI is InChI=1S/C15H18FNO4/c1-9-5-11(15(19)20)8-17(7-9)14(18)10-3-4-13(21-2)12(16)6-10/h3-4,6,9,11H,5,7-8H2,1-2H3,(H,19,20). The van der Waals surface area contributed by atoms with E-state index < -0.39 is 17.7 Å². The molecular formula is C15H18FNO4. The maximum Gasteiger partial charge on any atom is 0.308 e. The Labute approximate surface area is 122 Å². The Balaban J connectivity index is 2.18. The highest BCUT2D eigenvalue weighted by Crippen LogP contribution is 2.24. The van der Waals surface area contributed by atoms with Crippen molar-refractivity contribution in [1.82, 2.24) is 4.90 Å². The van der Waals surface area contributed by atoms with Gasteiger partial charge in [0.15, 0.2) is 11.6 Å². The molecule has 0 spiro atoms. The number of rotatable bonds is 3. The number of carboxylic acid groups (broad SMARTS) is 1. The molecule has 5 nitrogen and oxygen atoms in total. The van der Waals surface area contributed by atoms with Gasteiger partial charge in [-0.05, 0) is 30.5 Å². The molecule has 1 aliphatic rings. The van der Waals surface area contributed by atoms with E-state index in [1.807, 2.05) is 6.92 Å². The summed E-state index contributed by atoms with van der Waals surface area (Å²) in [6.45, 7) is 2.55. The molecule has 1 aliphatic heterocycles. The third kappa shape index (κ3) is 3.32. The summed E-state index contributed by atoms with van der Waals surface area (Å²) in [6.07, 6.45) is 0.552. The van der Waals surface area contributed by atoms with Gasteiger partial charge in [-0.25, -0.2) is 4.39 Å². The number of amides is 1. The van der Waals surface area contributed by atoms with Gasteiger partial charge in [0.2, 0.25) is 0 Å². The van der Waals surface area contributed by atoms with Crippen molar-refractivity contribution in [2.24, 2.45) is 11.8 Å². The first-order chi connectivity index (χ1) is 9.92. The molecule has 6 heteroatoms. The average Bonchev–Trinajstić information content (AvgIpc) is 2.45. The number of hydrogen-bond acceptors (Lipinski definition) is 3. The minimum Gasteiger partial charge on any atom is -0.494 e. The number of aliphatic carboxylic acids is 1. The molecule has 1 amide bonds. The molecule has 2 rings (SSSR count). The van der Waals surface area contributed by atoms with Gasteiger partial charge in [0, 0.05) is 18.7 Å². The summed E-state index contributed by atoms with van der Waals surface area (Å²) >= 11 is 0. The molecule has 2 unspecified atom stereocenters. The minimum absolute atomic E-state index is 0.0713. The van der Waals surface area contributed by atoms with Crippen molar-refractivity contribution in [2.45, 2.75) is 13.3 Å². The van der Waals surface area contributed by atoms with E-state index in [4.69, 9.17) is 9.84 Å². The van der Waals surface area contributed by atoms with Crippen LogP contribution in [-0.4, -0.2) is 42.1 Å². The van der Waals surface area contributed by atoms with E-state index in [9.17, 15) is 14.0 Å². The number of likely N-dealkylation sites (tertiary alicyclic amines) is 1. The molecule has 1 heterocycles. The summed E-state index contributed by atoms with van der Waals surface area (Å²) in [5.41, 5.74) is 0.200. The number of benzene rings is 1. The van der Waals surface area contributed by atoms with E-state index in [1.165, 1.54) is 24.1 Å². The van der Waals surface area contributed by atoms with Gasteiger partial charge < -0.3 is 14.7 Å². The van der Waals surface area contributed by atoms with Crippen LogP contribution in [0.25, 0.3) is 0 Å². The molecule has 0 radical (unpaired) electrons. The summed E-state index contributed by atoms with van der Waals surface area (Å²) in [7, 11) is 1.35. The fraction of sp³-hybridized carbons (Fsp3) is 0.467. The van der Waals surface area contributed by atoms with Crippen LogP contribution in [-0.2, 0) is 4.79 Å². The molecule has 1 aromatic carbocycles. The van der Waals surface area contributed by atoms with Gasteiger partial charge in [0.25, 0.3) is 5.91 Å². The van der Waals surface area contributed by atoms with E-state index in [-0.39, 0.29) is 29.7 Å². The fourth-order valence-electron chi connectivity index (χ4n) is 2.68. The van der Waals surface area contributed by atoms with E-state index in [1.54, 1.807) is 0 Å². The monoisotopic (exact) mass is 295 g/mol. The van der Waals surface area contributed by atoms with E-state index in [0.717, 1.165) is 6.07 Å². The van der Waals surface area contributed by atoms with Crippen LogP contribution in [0.4, 0.5) is 4.39 Å². The Morgan fingerprint density at radius 3 is 2.67 bits per heavy atom. The molecule has 21 heavy (non-hydrogen) atoms. The lowest BCUT2D eigenvalue weighted by atomic mass is 9.90. The average molecular weight is 295 g/mol. The van der Waals surface area contributed by atoms with Gasteiger partial charge in [-0.1, -0.05) is 6.92 Å². The molecule has 0 aromatic heterocycles. The highest BCUT2D eigenvalue weighted by molar-refractivity contribution is 5.94. The number of ether oxygens (including phenoxy) is 1. The van der Waals surface area contributed by atoms with Gasteiger partial charge in [-0.2, -0.15) is 0 Å². The Hall–Kier alpha value is -2.11. The second-order valence-corrected chi connectivity index (χ2v) is 5.44. The first-order valence-electron chi connectivity index (χ1n) is 6.78. The number of carbonyl (C=O) groups excluding carboxylic acids is 1. The Morgan fingerprint density at radius 1 is 1.38 bits per heavy atom. The van der Waals surface area contributed by atoms with Gasteiger partial charge in [0.05, 0.1) is 13.0 Å². The highest BCUT2D eigenvalue weighted by atomic mass is 19.1. The maximum absolute atomic E-state index is 13.7. The topological polar surface area (TPSA) is 66.8 Å². The van der Waals surface area contributed by atoms with Crippen molar-refractivity contribution < 1.29 is 23.8 Å². The van der Waals surface area contributed by atoms with E-state index in [0.29, 0.717) is 13.0 Å². The molecule has 2 atom stereocenters. The summed E-state index contributed by atoms with van der Waals surface area (Å²) < 4.78 is 18.5. The highest BCUT2D eigenvalue weighted by Gasteiger charge is 2.32. The summed E-state index contributed by atoms with van der Waals surface area (Å²) in [6, 6.07) is 4.00. The molecule has 1 N–H and O–H groups in total. The second kappa shape index (κ2) is 6.11. The molecule has 1 saturated heterocycles. The first kappa shape index (κ1) is 15.3. The first-order valence-corrected chi connectivity index (χ1v) is 6.78. The summed E-state index contributed by atoms with van der Waals surface area (Å²) in [5, 5.41) is 9.12. The summed E-state index contributed by atoms with van der Waals surface area (Å²) in [4.78, 5) is 25.0. The van der Waals surface area contributed by atoms with Crippen molar-refractivity contribution in [1.29, 1.82) is 0 Å². The van der Waals surface area contributed by atoms with E-state index >= 15 is 0 Å². The minimum atomic E-state index is -0.903. The zero-order chi connectivity index (χ0) is 15.6. The van der Waals surface area contributed by atoms with Crippen molar-refractivity contribution in [3.63, 3.8) is 0 Å². The van der Waals surface area contributed by atoms with Crippen LogP contribution in [0.2, 0.25) is 0 Å².